The number of sulfonamides is 1. The number of halogens is 2. The molecule has 1 aliphatic rings. The smallest absolute Gasteiger partial charge is 0.263 e. The summed E-state index contributed by atoms with van der Waals surface area (Å²) in [4.78, 5) is 2.81. The molecule has 0 aliphatic heterocycles. The van der Waals surface area contributed by atoms with Crippen LogP contribution in [-0.4, -0.2) is 19.1 Å². The quantitative estimate of drug-likeness (QED) is 0.891. The minimum absolute atomic E-state index is 0.00300. The molecule has 0 amide bonds. The lowest BCUT2D eigenvalue weighted by Crippen LogP contribution is -2.28. The third-order valence-corrected chi connectivity index (χ3v) is 5.54. The summed E-state index contributed by atoms with van der Waals surface area (Å²) in [7, 11) is -4.02. The molecule has 1 aliphatic carbocycles. The lowest BCUT2D eigenvalue weighted by molar-refractivity contribution is 0.164. The number of H-pyrrole nitrogens is 1. The maximum atomic E-state index is 14.1. The van der Waals surface area contributed by atoms with Gasteiger partial charge in [-0.25, -0.2) is 17.2 Å². The van der Waals surface area contributed by atoms with Crippen LogP contribution in [0.25, 0.3) is 0 Å². The van der Waals surface area contributed by atoms with E-state index in [4.69, 9.17) is 5.26 Å². The normalized spacial score (nSPS) is 20.2. The Hall–Kier alpha value is -2.40. The molecule has 1 heterocycles. The molecule has 24 heavy (non-hydrogen) atoms. The number of aromatic amines is 1. The Balaban J connectivity index is 1.93. The number of anilines is 1. The average molecular weight is 351 g/mol. The molecule has 3 rings (SSSR count). The molecular formula is C16H15F2N3O2S. The summed E-state index contributed by atoms with van der Waals surface area (Å²) in [5.74, 6) is -0.835. The fraction of sp³-hybridized carbons (Fsp3) is 0.312. The summed E-state index contributed by atoms with van der Waals surface area (Å²) in [6.45, 7) is 1.48. The standard InChI is InChI=1S/C16H15F2N3O2S/c1-16(18)5-4-11-14(7-16)20-9-15(11)24(22,23)21-13-3-2-10(8-19)6-12(13)17/h2-3,6,9,20-21H,4-5,7H2,1H3. The number of nitrogens with one attached hydrogen (secondary N) is 2. The van der Waals surface area contributed by atoms with Crippen molar-refractivity contribution in [1.82, 2.24) is 4.98 Å². The van der Waals surface area contributed by atoms with Crippen molar-refractivity contribution < 1.29 is 17.2 Å². The third kappa shape index (κ3) is 2.99. The molecule has 1 atom stereocenters. The Kier molecular flexibility index (Phi) is 3.84. The van der Waals surface area contributed by atoms with Crippen LogP contribution in [-0.2, 0) is 22.9 Å². The van der Waals surface area contributed by atoms with Crippen LogP contribution in [0.1, 0.15) is 30.2 Å². The van der Waals surface area contributed by atoms with Crippen LogP contribution in [0.3, 0.4) is 0 Å². The summed E-state index contributed by atoms with van der Waals surface area (Å²) >= 11 is 0. The summed E-state index contributed by atoms with van der Waals surface area (Å²) in [6.07, 6.45) is 1.93. The van der Waals surface area contributed by atoms with Crippen molar-refractivity contribution >= 4 is 15.7 Å². The van der Waals surface area contributed by atoms with Gasteiger partial charge in [-0.1, -0.05) is 0 Å². The van der Waals surface area contributed by atoms with E-state index in [1.165, 1.54) is 25.3 Å². The molecule has 5 nitrogen and oxygen atoms in total. The second kappa shape index (κ2) is 5.60. The number of rotatable bonds is 3. The lowest BCUT2D eigenvalue weighted by Gasteiger charge is -2.25. The minimum Gasteiger partial charge on any atom is -0.363 e. The zero-order valence-electron chi connectivity index (χ0n) is 12.9. The van der Waals surface area contributed by atoms with Crippen molar-refractivity contribution in [3.05, 3.63) is 47.0 Å². The number of nitriles is 1. The van der Waals surface area contributed by atoms with E-state index in [0.717, 1.165) is 6.07 Å². The van der Waals surface area contributed by atoms with Gasteiger partial charge in [-0.2, -0.15) is 5.26 Å². The summed E-state index contributed by atoms with van der Waals surface area (Å²) < 4.78 is 55.3. The Morgan fingerprint density at radius 2 is 2.17 bits per heavy atom. The number of hydrogen-bond acceptors (Lipinski definition) is 3. The predicted molar refractivity (Wildman–Crippen MR) is 84.3 cm³/mol. The number of hydrogen-bond donors (Lipinski definition) is 2. The van der Waals surface area contributed by atoms with E-state index < -0.39 is 21.5 Å². The number of alkyl halides is 1. The third-order valence-electron chi connectivity index (χ3n) is 4.11. The SMILES string of the molecule is CC1(F)CCc2c(S(=O)(=O)Nc3ccc(C#N)cc3F)c[nH]c2C1. The van der Waals surface area contributed by atoms with Gasteiger partial charge in [0.1, 0.15) is 16.4 Å². The predicted octanol–water partition coefficient (Wildman–Crippen LogP) is 3.04. The molecule has 126 valence electrons. The van der Waals surface area contributed by atoms with Gasteiger partial charge in [-0.05, 0) is 43.5 Å². The van der Waals surface area contributed by atoms with Crippen LogP contribution in [0.5, 0.6) is 0 Å². The van der Waals surface area contributed by atoms with Gasteiger partial charge in [-0.15, -0.1) is 0 Å². The largest absolute Gasteiger partial charge is 0.363 e. The van der Waals surface area contributed by atoms with Gasteiger partial charge in [0.15, 0.2) is 0 Å². The van der Waals surface area contributed by atoms with Gasteiger partial charge in [-0.3, -0.25) is 4.72 Å². The van der Waals surface area contributed by atoms with Gasteiger partial charge < -0.3 is 4.98 Å². The first-order valence-corrected chi connectivity index (χ1v) is 8.81. The Bertz CT molecular complexity index is 943. The Morgan fingerprint density at radius 3 is 2.83 bits per heavy atom. The first kappa shape index (κ1) is 16.5. The van der Waals surface area contributed by atoms with Crippen molar-refractivity contribution in [2.45, 2.75) is 36.8 Å². The molecule has 8 heteroatoms. The van der Waals surface area contributed by atoms with E-state index in [2.05, 4.69) is 9.71 Å². The maximum Gasteiger partial charge on any atom is 0.263 e. The summed E-state index contributed by atoms with van der Waals surface area (Å²) in [5.41, 5.74) is -0.434. The minimum atomic E-state index is -4.02. The van der Waals surface area contributed by atoms with Crippen LogP contribution >= 0.6 is 0 Å². The number of nitrogens with zero attached hydrogens (tertiary/aromatic N) is 1. The highest BCUT2D eigenvalue weighted by atomic mass is 32.2. The fourth-order valence-electron chi connectivity index (χ4n) is 2.86. The van der Waals surface area contributed by atoms with Crippen molar-refractivity contribution in [3.63, 3.8) is 0 Å². The molecule has 0 saturated carbocycles. The van der Waals surface area contributed by atoms with E-state index in [-0.39, 0.29) is 35.4 Å². The van der Waals surface area contributed by atoms with E-state index in [1.54, 1.807) is 6.07 Å². The highest BCUT2D eigenvalue weighted by molar-refractivity contribution is 7.92. The molecule has 1 aromatic heterocycles. The van der Waals surface area contributed by atoms with Crippen molar-refractivity contribution in [2.24, 2.45) is 0 Å². The van der Waals surface area contributed by atoms with E-state index in [9.17, 15) is 17.2 Å². The Morgan fingerprint density at radius 1 is 1.42 bits per heavy atom. The second-order valence-electron chi connectivity index (χ2n) is 6.11. The topological polar surface area (TPSA) is 85.8 Å². The van der Waals surface area contributed by atoms with E-state index in [1.807, 2.05) is 0 Å². The van der Waals surface area contributed by atoms with Gasteiger partial charge in [0, 0.05) is 18.3 Å². The zero-order valence-corrected chi connectivity index (χ0v) is 13.7. The first-order valence-electron chi connectivity index (χ1n) is 7.32. The zero-order chi connectivity index (χ0) is 17.5. The molecule has 1 aromatic carbocycles. The fourth-order valence-corrected chi connectivity index (χ4v) is 4.19. The van der Waals surface area contributed by atoms with E-state index in [0.29, 0.717) is 11.3 Å². The van der Waals surface area contributed by atoms with Crippen LogP contribution in [0, 0.1) is 17.1 Å². The van der Waals surface area contributed by atoms with Crippen LogP contribution in [0.15, 0.2) is 29.3 Å². The highest BCUT2D eigenvalue weighted by Gasteiger charge is 2.34. The molecule has 0 spiro atoms. The van der Waals surface area contributed by atoms with Gasteiger partial charge >= 0.3 is 0 Å². The van der Waals surface area contributed by atoms with Crippen molar-refractivity contribution in [2.75, 3.05) is 4.72 Å². The average Bonchev–Trinajstić information content (AvgIpc) is 2.91. The van der Waals surface area contributed by atoms with Gasteiger partial charge in [0.05, 0.1) is 17.3 Å². The second-order valence-corrected chi connectivity index (χ2v) is 7.76. The molecule has 2 N–H and O–H groups in total. The number of fused-ring (bicyclic) bond motifs is 1. The molecular weight excluding hydrogens is 336 g/mol. The molecule has 0 bridgehead atoms. The first-order chi connectivity index (χ1) is 11.2. The van der Waals surface area contributed by atoms with E-state index >= 15 is 0 Å². The molecule has 0 radical (unpaired) electrons. The van der Waals surface area contributed by atoms with Crippen LogP contribution in [0.4, 0.5) is 14.5 Å². The van der Waals surface area contributed by atoms with Gasteiger partial charge in [0.25, 0.3) is 10.0 Å². The summed E-state index contributed by atoms with van der Waals surface area (Å²) in [6, 6.07) is 5.25. The lowest BCUT2D eigenvalue weighted by atomic mass is 9.87. The van der Waals surface area contributed by atoms with Crippen LogP contribution in [0.2, 0.25) is 0 Å². The summed E-state index contributed by atoms with van der Waals surface area (Å²) in [5, 5.41) is 8.72. The highest BCUT2D eigenvalue weighted by Crippen LogP contribution is 2.35. The van der Waals surface area contributed by atoms with Gasteiger partial charge in [0.2, 0.25) is 0 Å². The number of benzene rings is 1. The van der Waals surface area contributed by atoms with Crippen LogP contribution < -0.4 is 4.72 Å². The molecule has 0 saturated heterocycles. The number of aromatic nitrogens is 1. The molecule has 0 fully saturated rings. The Labute approximate surface area is 138 Å². The van der Waals surface area contributed by atoms with Crippen molar-refractivity contribution in [3.8, 4) is 6.07 Å². The molecule has 1 unspecified atom stereocenters. The maximum absolute atomic E-state index is 14.1. The van der Waals surface area contributed by atoms with Crippen molar-refractivity contribution in [1.29, 1.82) is 5.26 Å². The molecule has 2 aromatic rings. The monoisotopic (exact) mass is 351 g/mol.